The van der Waals surface area contributed by atoms with E-state index < -0.39 is 0 Å². The third-order valence-corrected chi connectivity index (χ3v) is 4.30. The Morgan fingerprint density at radius 2 is 2.00 bits per heavy atom. The minimum absolute atomic E-state index is 0.267. The predicted octanol–water partition coefficient (Wildman–Crippen LogP) is 2.50. The lowest BCUT2D eigenvalue weighted by Crippen LogP contribution is -2.32. The second kappa shape index (κ2) is 7.00. The van der Waals surface area contributed by atoms with Gasteiger partial charge >= 0.3 is 0 Å². The van der Waals surface area contributed by atoms with Crippen LogP contribution in [0.1, 0.15) is 34.6 Å². The summed E-state index contributed by atoms with van der Waals surface area (Å²) in [5, 5.41) is 0.360. The number of carbonyl (C=O) groups excluding carboxylic acids is 1. The van der Waals surface area contributed by atoms with Crippen molar-refractivity contribution in [2.75, 3.05) is 23.4 Å². The van der Waals surface area contributed by atoms with Gasteiger partial charge in [-0.25, -0.2) is 15.0 Å². The first-order chi connectivity index (χ1) is 11.6. The summed E-state index contributed by atoms with van der Waals surface area (Å²) in [6.07, 6.45) is 3.94. The highest BCUT2D eigenvalue weighted by molar-refractivity contribution is 6.30. The zero-order chi connectivity index (χ0) is 17.1. The normalized spacial score (nSPS) is 13.9. The molecule has 1 aliphatic heterocycles. The molecular weight excluding hydrogens is 328 g/mol. The van der Waals surface area contributed by atoms with Crippen molar-refractivity contribution in [3.8, 4) is 0 Å². The number of nitrogens with one attached hydrogen (secondary N) is 2. The minimum Gasteiger partial charge on any atom is -0.356 e. The zero-order valence-corrected chi connectivity index (χ0v) is 14.4. The number of hydrogen-bond acceptors (Lipinski definition) is 6. The molecule has 3 rings (SSSR count). The summed E-state index contributed by atoms with van der Waals surface area (Å²) in [6.45, 7) is 5.37. The van der Waals surface area contributed by atoms with Crippen LogP contribution in [0.5, 0.6) is 0 Å². The molecule has 0 aromatic carbocycles. The number of amides is 1. The smallest absolute Gasteiger partial charge is 0.273 e. The topological polar surface area (TPSA) is 83.0 Å². The summed E-state index contributed by atoms with van der Waals surface area (Å²) in [6, 6.07) is 3.52. The van der Waals surface area contributed by atoms with E-state index in [-0.39, 0.29) is 5.91 Å². The van der Waals surface area contributed by atoms with Crippen molar-refractivity contribution in [3.63, 3.8) is 0 Å². The Morgan fingerprint density at radius 3 is 2.75 bits per heavy atom. The van der Waals surface area contributed by atoms with Gasteiger partial charge in [0, 0.05) is 24.8 Å². The van der Waals surface area contributed by atoms with Crippen LogP contribution in [0.25, 0.3) is 0 Å². The molecule has 1 saturated heterocycles. The van der Waals surface area contributed by atoms with Gasteiger partial charge in [0.25, 0.3) is 5.91 Å². The number of halogens is 1. The highest BCUT2D eigenvalue weighted by Crippen LogP contribution is 2.22. The number of carbonyl (C=O) groups is 1. The summed E-state index contributed by atoms with van der Waals surface area (Å²) >= 11 is 6.04. The molecule has 7 nitrogen and oxygen atoms in total. The third-order valence-electron chi connectivity index (χ3n) is 3.93. The molecular formula is C16H19ClN6O. The molecule has 0 atom stereocenters. The van der Waals surface area contributed by atoms with Gasteiger partial charge in [0.1, 0.15) is 16.8 Å². The second-order valence-electron chi connectivity index (χ2n) is 5.68. The van der Waals surface area contributed by atoms with E-state index in [4.69, 9.17) is 11.6 Å². The Bertz CT molecular complexity index is 760. The molecule has 24 heavy (non-hydrogen) atoms. The Kier molecular flexibility index (Phi) is 4.80. The fraction of sp³-hybridized carbons (Fsp3) is 0.375. The zero-order valence-electron chi connectivity index (χ0n) is 13.6. The maximum absolute atomic E-state index is 12.6. The Hall–Kier alpha value is -2.41. The molecule has 0 saturated carbocycles. The Morgan fingerprint density at radius 1 is 1.25 bits per heavy atom. The molecule has 2 aromatic rings. The van der Waals surface area contributed by atoms with Gasteiger partial charge in [-0.15, -0.1) is 0 Å². The summed E-state index contributed by atoms with van der Waals surface area (Å²) in [5.41, 5.74) is 6.70. The average molecular weight is 347 g/mol. The number of hydrogen-bond donors (Lipinski definition) is 2. The van der Waals surface area contributed by atoms with E-state index in [9.17, 15) is 4.79 Å². The molecule has 0 radical (unpaired) electrons. The lowest BCUT2D eigenvalue weighted by atomic mass is 10.2. The maximum atomic E-state index is 12.6. The summed E-state index contributed by atoms with van der Waals surface area (Å²) in [5.74, 6) is 1.45. The van der Waals surface area contributed by atoms with E-state index in [1.165, 1.54) is 0 Å². The minimum atomic E-state index is -0.267. The Labute approximate surface area is 145 Å². The van der Waals surface area contributed by atoms with Gasteiger partial charge in [-0.2, -0.15) is 0 Å². The number of pyridine rings is 1. The first kappa shape index (κ1) is 16.4. The highest BCUT2D eigenvalue weighted by Gasteiger charge is 2.20. The summed E-state index contributed by atoms with van der Waals surface area (Å²) < 4.78 is 0. The van der Waals surface area contributed by atoms with Crippen LogP contribution in [-0.2, 0) is 0 Å². The second-order valence-corrected chi connectivity index (χ2v) is 6.04. The predicted molar refractivity (Wildman–Crippen MR) is 93.3 cm³/mol. The van der Waals surface area contributed by atoms with Crippen molar-refractivity contribution in [2.24, 2.45) is 0 Å². The molecule has 0 bridgehead atoms. The SMILES string of the molecule is Cc1nc(Cl)c(C)c(NNC(=O)c2cccnc2N2CCCC2)n1. The van der Waals surface area contributed by atoms with Gasteiger partial charge in [0.15, 0.2) is 5.82 Å². The number of nitrogens with zero attached hydrogens (tertiary/aromatic N) is 4. The van der Waals surface area contributed by atoms with Gasteiger partial charge < -0.3 is 4.90 Å². The van der Waals surface area contributed by atoms with Crippen molar-refractivity contribution in [1.82, 2.24) is 20.4 Å². The number of anilines is 2. The van der Waals surface area contributed by atoms with Gasteiger partial charge in [-0.05, 0) is 38.8 Å². The van der Waals surface area contributed by atoms with E-state index in [0.717, 1.165) is 25.9 Å². The van der Waals surface area contributed by atoms with Crippen molar-refractivity contribution in [3.05, 3.63) is 40.4 Å². The van der Waals surface area contributed by atoms with E-state index in [1.807, 2.05) is 0 Å². The fourth-order valence-electron chi connectivity index (χ4n) is 2.65. The van der Waals surface area contributed by atoms with Crippen LogP contribution >= 0.6 is 11.6 Å². The molecule has 2 N–H and O–H groups in total. The largest absolute Gasteiger partial charge is 0.356 e. The quantitative estimate of drug-likeness (QED) is 0.653. The molecule has 0 aliphatic carbocycles. The van der Waals surface area contributed by atoms with Gasteiger partial charge in [0.2, 0.25) is 0 Å². The van der Waals surface area contributed by atoms with Gasteiger partial charge in [0.05, 0.1) is 5.56 Å². The van der Waals surface area contributed by atoms with Crippen molar-refractivity contribution >= 4 is 29.1 Å². The molecule has 3 heterocycles. The van der Waals surface area contributed by atoms with Crippen molar-refractivity contribution in [1.29, 1.82) is 0 Å². The van der Waals surface area contributed by atoms with Crippen molar-refractivity contribution < 1.29 is 4.79 Å². The van der Waals surface area contributed by atoms with E-state index in [1.54, 1.807) is 32.2 Å². The fourth-order valence-corrected chi connectivity index (χ4v) is 2.87. The summed E-state index contributed by atoms with van der Waals surface area (Å²) in [7, 11) is 0. The molecule has 2 aromatic heterocycles. The molecule has 126 valence electrons. The number of aromatic nitrogens is 3. The number of hydrazine groups is 1. The first-order valence-corrected chi connectivity index (χ1v) is 8.21. The average Bonchev–Trinajstić information content (AvgIpc) is 3.11. The van der Waals surface area contributed by atoms with Crippen LogP contribution < -0.4 is 15.8 Å². The standard InChI is InChI=1S/C16H19ClN6O/c1-10-13(17)19-11(2)20-14(10)21-22-16(24)12-6-5-7-18-15(12)23-8-3-4-9-23/h5-7H,3-4,8-9H2,1-2H3,(H,22,24)(H,19,20,21). The van der Waals surface area contributed by atoms with Gasteiger partial charge in [-0.1, -0.05) is 11.6 Å². The molecule has 1 amide bonds. The number of aryl methyl sites for hydroxylation is 1. The third kappa shape index (κ3) is 3.41. The lowest BCUT2D eigenvalue weighted by Gasteiger charge is -2.19. The van der Waals surface area contributed by atoms with Crippen LogP contribution in [0.4, 0.5) is 11.6 Å². The molecule has 0 spiro atoms. The van der Waals surface area contributed by atoms with Crippen LogP contribution in [0, 0.1) is 13.8 Å². The van der Waals surface area contributed by atoms with Crippen LogP contribution in [0.2, 0.25) is 5.15 Å². The number of rotatable bonds is 4. The first-order valence-electron chi connectivity index (χ1n) is 7.83. The van der Waals surface area contributed by atoms with Crippen LogP contribution in [0.15, 0.2) is 18.3 Å². The van der Waals surface area contributed by atoms with E-state index in [2.05, 4.69) is 30.7 Å². The van der Waals surface area contributed by atoms with Crippen LogP contribution in [-0.4, -0.2) is 33.9 Å². The van der Waals surface area contributed by atoms with Crippen LogP contribution in [0.3, 0.4) is 0 Å². The molecule has 0 unspecified atom stereocenters. The molecule has 8 heteroatoms. The van der Waals surface area contributed by atoms with Gasteiger partial charge in [-0.3, -0.25) is 15.6 Å². The monoisotopic (exact) mass is 346 g/mol. The van der Waals surface area contributed by atoms with E-state index >= 15 is 0 Å². The molecule has 1 aliphatic rings. The lowest BCUT2D eigenvalue weighted by molar-refractivity contribution is 0.0962. The highest BCUT2D eigenvalue weighted by atomic mass is 35.5. The molecule has 1 fully saturated rings. The Balaban J connectivity index is 1.77. The van der Waals surface area contributed by atoms with E-state index in [0.29, 0.717) is 33.7 Å². The maximum Gasteiger partial charge on any atom is 0.273 e. The van der Waals surface area contributed by atoms with Crippen molar-refractivity contribution in [2.45, 2.75) is 26.7 Å². The summed E-state index contributed by atoms with van der Waals surface area (Å²) in [4.78, 5) is 27.4.